The van der Waals surface area contributed by atoms with Gasteiger partial charge in [-0.2, -0.15) is 0 Å². The Balaban J connectivity index is 1.57. The first-order valence-corrected chi connectivity index (χ1v) is 6.79. The zero-order valence-corrected chi connectivity index (χ0v) is 11.1. The maximum atomic E-state index is 12.2. The number of likely N-dealkylation sites (tertiary alicyclic amines) is 2. The molecule has 7 heteroatoms. The van der Waals surface area contributed by atoms with E-state index in [1.54, 1.807) is 4.68 Å². The van der Waals surface area contributed by atoms with Crippen molar-refractivity contribution in [2.75, 3.05) is 26.2 Å². The van der Waals surface area contributed by atoms with Crippen molar-refractivity contribution < 1.29 is 9.90 Å². The van der Waals surface area contributed by atoms with Crippen LogP contribution in [0.15, 0.2) is 6.20 Å². The zero-order chi connectivity index (χ0) is 13.4. The predicted octanol–water partition coefficient (Wildman–Crippen LogP) is -0.811. The molecule has 0 spiro atoms. The van der Waals surface area contributed by atoms with E-state index in [4.69, 9.17) is 0 Å². The van der Waals surface area contributed by atoms with Gasteiger partial charge in [-0.3, -0.25) is 9.69 Å². The standard InChI is InChI=1S/C12H19N5O2/c1-2-17-11(5-13-14-17)12(19)16-6-9(7-16)15-4-3-10(18)8-15/h5,9-10,18H,2-4,6-8H2,1H3/t10-/m1/s1. The maximum absolute atomic E-state index is 12.2. The lowest BCUT2D eigenvalue weighted by Crippen LogP contribution is -2.60. The van der Waals surface area contributed by atoms with Crippen LogP contribution in [-0.2, 0) is 6.54 Å². The van der Waals surface area contributed by atoms with Crippen molar-refractivity contribution in [2.45, 2.75) is 32.0 Å². The van der Waals surface area contributed by atoms with E-state index in [2.05, 4.69) is 15.2 Å². The lowest BCUT2D eigenvalue weighted by molar-refractivity contribution is 0.0289. The first-order chi connectivity index (χ1) is 9.19. The summed E-state index contributed by atoms with van der Waals surface area (Å²) in [6.45, 7) is 5.73. The van der Waals surface area contributed by atoms with Crippen LogP contribution in [0, 0.1) is 0 Å². The molecule has 0 aromatic carbocycles. The molecule has 0 saturated carbocycles. The third-order valence-corrected chi connectivity index (χ3v) is 4.00. The van der Waals surface area contributed by atoms with E-state index in [-0.39, 0.29) is 12.0 Å². The van der Waals surface area contributed by atoms with E-state index in [0.717, 1.165) is 32.6 Å². The zero-order valence-electron chi connectivity index (χ0n) is 11.1. The van der Waals surface area contributed by atoms with Gasteiger partial charge in [-0.25, -0.2) is 4.68 Å². The highest BCUT2D eigenvalue weighted by atomic mass is 16.3. The number of β-amino-alcohol motifs (C(OH)–C–C–N with tert-alkyl or cyclic N) is 1. The van der Waals surface area contributed by atoms with Gasteiger partial charge in [0.15, 0.2) is 0 Å². The van der Waals surface area contributed by atoms with E-state index < -0.39 is 0 Å². The lowest BCUT2D eigenvalue weighted by Gasteiger charge is -2.43. The molecule has 1 aromatic heterocycles. The highest BCUT2D eigenvalue weighted by Gasteiger charge is 2.38. The largest absolute Gasteiger partial charge is 0.392 e. The molecule has 0 radical (unpaired) electrons. The van der Waals surface area contributed by atoms with Gasteiger partial charge in [-0.15, -0.1) is 5.10 Å². The molecule has 19 heavy (non-hydrogen) atoms. The SMILES string of the molecule is CCn1nncc1C(=O)N1CC(N2CC[C@@H](O)C2)C1. The van der Waals surface area contributed by atoms with Gasteiger partial charge >= 0.3 is 0 Å². The average Bonchev–Trinajstić information content (AvgIpc) is 2.95. The topological polar surface area (TPSA) is 74.5 Å². The van der Waals surface area contributed by atoms with Gasteiger partial charge in [0, 0.05) is 38.8 Å². The molecule has 1 atom stereocenters. The Morgan fingerprint density at radius 1 is 1.47 bits per heavy atom. The fourth-order valence-corrected chi connectivity index (χ4v) is 2.77. The first kappa shape index (κ1) is 12.6. The molecular weight excluding hydrogens is 246 g/mol. The normalized spacial score (nSPS) is 24.7. The summed E-state index contributed by atoms with van der Waals surface area (Å²) in [6.07, 6.45) is 2.17. The number of aliphatic hydroxyl groups is 1. The molecular formula is C12H19N5O2. The molecule has 2 aliphatic rings. The number of aromatic nitrogens is 3. The maximum Gasteiger partial charge on any atom is 0.273 e. The van der Waals surface area contributed by atoms with Crippen molar-refractivity contribution in [1.82, 2.24) is 24.8 Å². The van der Waals surface area contributed by atoms with Crippen LogP contribution in [0.5, 0.6) is 0 Å². The molecule has 0 aliphatic carbocycles. The Hall–Kier alpha value is -1.47. The number of carbonyl (C=O) groups is 1. The average molecular weight is 265 g/mol. The molecule has 1 aromatic rings. The molecule has 3 heterocycles. The Bertz CT molecular complexity index is 468. The minimum absolute atomic E-state index is 0.00263. The summed E-state index contributed by atoms with van der Waals surface area (Å²) in [5.41, 5.74) is 0.558. The Kier molecular flexibility index (Phi) is 3.24. The summed E-state index contributed by atoms with van der Waals surface area (Å²) >= 11 is 0. The van der Waals surface area contributed by atoms with Crippen molar-refractivity contribution in [3.05, 3.63) is 11.9 Å². The monoisotopic (exact) mass is 265 g/mol. The molecule has 3 rings (SSSR count). The Morgan fingerprint density at radius 3 is 2.89 bits per heavy atom. The summed E-state index contributed by atoms with van der Waals surface area (Å²) < 4.78 is 1.62. The smallest absolute Gasteiger partial charge is 0.273 e. The summed E-state index contributed by atoms with van der Waals surface area (Å²) in [6, 6.07) is 0.395. The van der Waals surface area contributed by atoms with Gasteiger partial charge in [0.2, 0.25) is 0 Å². The van der Waals surface area contributed by atoms with Crippen LogP contribution in [-0.4, -0.2) is 74.1 Å². The molecule has 2 fully saturated rings. The van der Waals surface area contributed by atoms with Crippen LogP contribution in [0.1, 0.15) is 23.8 Å². The van der Waals surface area contributed by atoms with Gasteiger partial charge in [0.05, 0.1) is 12.3 Å². The molecule has 0 unspecified atom stereocenters. The Morgan fingerprint density at radius 2 is 2.26 bits per heavy atom. The minimum Gasteiger partial charge on any atom is -0.392 e. The van der Waals surface area contributed by atoms with E-state index in [1.165, 1.54) is 6.20 Å². The molecule has 1 N–H and O–H groups in total. The van der Waals surface area contributed by atoms with Crippen molar-refractivity contribution in [1.29, 1.82) is 0 Å². The van der Waals surface area contributed by atoms with Gasteiger partial charge in [-0.1, -0.05) is 5.21 Å². The quantitative estimate of drug-likeness (QED) is 0.773. The molecule has 2 aliphatic heterocycles. The van der Waals surface area contributed by atoms with Crippen LogP contribution >= 0.6 is 0 Å². The number of hydrogen-bond donors (Lipinski definition) is 1. The molecule has 1 amide bonds. The lowest BCUT2D eigenvalue weighted by atomic mass is 10.1. The summed E-state index contributed by atoms with van der Waals surface area (Å²) in [7, 11) is 0. The van der Waals surface area contributed by atoms with E-state index in [1.807, 2.05) is 11.8 Å². The van der Waals surface area contributed by atoms with Gasteiger partial charge in [-0.05, 0) is 13.3 Å². The first-order valence-electron chi connectivity index (χ1n) is 6.79. The minimum atomic E-state index is -0.199. The summed E-state index contributed by atoms with van der Waals surface area (Å²) in [5.74, 6) is 0.00263. The summed E-state index contributed by atoms with van der Waals surface area (Å²) in [4.78, 5) is 16.3. The Labute approximate surface area is 111 Å². The molecule has 7 nitrogen and oxygen atoms in total. The number of rotatable bonds is 3. The molecule has 0 bridgehead atoms. The van der Waals surface area contributed by atoms with Crippen molar-refractivity contribution >= 4 is 5.91 Å². The van der Waals surface area contributed by atoms with E-state index >= 15 is 0 Å². The molecule has 104 valence electrons. The van der Waals surface area contributed by atoms with Crippen molar-refractivity contribution in [3.63, 3.8) is 0 Å². The number of amides is 1. The van der Waals surface area contributed by atoms with Crippen LogP contribution in [0.4, 0.5) is 0 Å². The fourth-order valence-electron chi connectivity index (χ4n) is 2.77. The van der Waals surface area contributed by atoms with E-state index in [0.29, 0.717) is 18.3 Å². The second-order valence-corrected chi connectivity index (χ2v) is 5.24. The second-order valence-electron chi connectivity index (χ2n) is 5.24. The fraction of sp³-hybridized carbons (Fsp3) is 0.750. The highest BCUT2D eigenvalue weighted by Crippen LogP contribution is 2.21. The van der Waals surface area contributed by atoms with Crippen LogP contribution < -0.4 is 0 Å². The van der Waals surface area contributed by atoms with Crippen molar-refractivity contribution in [2.24, 2.45) is 0 Å². The van der Waals surface area contributed by atoms with Gasteiger partial charge < -0.3 is 10.0 Å². The predicted molar refractivity (Wildman–Crippen MR) is 67.6 cm³/mol. The van der Waals surface area contributed by atoms with Crippen LogP contribution in [0.25, 0.3) is 0 Å². The molecule has 2 saturated heterocycles. The van der Waals surface area contributed by atoms with E-state index in [9.17, 15) is 9.90 Å². The number of hydrogen-bond acceptors (Lipinski definition) is 5. The van der Waals surface area contributed by atoms with Crippen LogP contribution in [0.3, 0.4) is 0 Å². The third kappa shape index (κ3) is 2.23. The second kappa shape index (κ2) is 4.90. The number of carbonyl (C=O) groups excluding carboxylic acids is 1. The van der Waals surface area contributed by atoms with Gasteiger partial charge in [0.25, 0.3) is 5.91 Å². The van der Waals surface area contributed by atoms with Gasteiger partial charge in [0.1, 0.15) is 5.69 Å². The van der Waals surface area contributed by atoms with Crippen molar-refractivity contribution in [3.8, 4) is 0 Å². The highest BCUT2D eigenvalue weighted by molar-refractivity contribution is 5.92. The number of aliphatic hydroxyl groups excluding tert-OH is 1. The summed E-state index contributed by atoms with van der Waals surface area (Å²) in [5, 5.41) is 17.2. The number of nitrogens with zero attached hydrogens (tertiary/aromatic N) is 5. The number of aryl methyl sites for hydroxylation is 1. The third-order valence-electron chi connectivity index (χ3n) is 4.00. The van der Waals surface area contributed by atoms with Crippen LogP contribution in [0.2, 0.25) is 0 Å².